The standard InChI is InChI=1S/C24H43N11O8/c1-11-19(38)33-14(6-25)22(41)30-12(2)20(39)34-16(8-29-18(37)10-27-5)24(43)32-13(3)21(40)35-15(23(42)31-11)7-28-17(36)9-26-4/h11-16,26-27H,6-10,25H2,1-5H3,(H,28,36)(H,29,37)(H,30,41)(H,31,42)(H,32,43)(H,33,38)(H,34,39)(H,35,40)/t11-,12-,13-,14+,15+,16+/m1/s1. The van der Waals surface area contributed by atoms with E-state index in [0.29, 0.717) is 0 Å². The van der Waals surface area contributed by atoms with Gasteiger partial charge in [-0.15, -0.1) is 0 Å². The summed E-state index contributed by atoms with van der Waals surface area (Å²) in [7, 11) is 3.07. The van der Waals surface area contributed by atoms with E-state index >= 15 is 0 Å². The van der Waals surface area contributed by atoms with Crippen molar-refractivity contribution in [1.82, 2.24) is 53.2 Å². The largest absolute Gasteiger partial charge is 0.352 e. The average molecular weight is 614 g/mol. The van der Waals surface area contributed by atoms with Crippen LogP contribution in [-0.4, -0.2) is 130 Å². The Balaban J connectivity index is 3.34. The van der Waals surface area contributed by atoms with Crippen molar-refractivity contribution in [2.75, 3.05) is 46.8 Å². The third-order valence-electron chi connectivity index (χ3n) is 6.07. The number of rotatable bonds is 9. The minimum Gasteiger partial charge on any atom is -0.352 e. The predicted octanol–water partition coefficient (Wildman–Crippen LogP) is -7.40. The molecule has 1 rings (SSSR count). The van der Waals surface area contributed by atoms with E-state index in [1.165, 1.54) is 34.9 Å². The molecule has 8 amide bonds. The molecule has 0 radical (unpaired) electrons. The van der Waals surface area contributed by atoms with Gasteiger partial charge in [-0.1, -0.05) is 0 Å². The molecular weight excluding hydrogens is 570 g/mol. The van der Waals surface area contributed by atoms with Crippen molar-refractivity contribution in [2.24, 2.45) is 5.73 Å². The monoisotopic (exact) mass is 613 g/mol. The van der Waals surface area contributed by atoms with Crippen LogP contribution in [0.5, 0.6) is 0 Å². The van der Waals surface area contributed by atoms with Crippen LogP contribution in [0.3, 0.4) is 0 Å². The average Bonchev–Trinajstić information content (AvgIpc) is 2.94. The smallest absolute Gasteiger partial charge is 0.245 e. The molecule has 0 aromatic heterocycles. The van der Waals surface area contributed by atoms with Gasteiger partial charge in [-0.05, 0) is 34.9 Å². The van der Waals surface area contributed by atoms with E-state index in [1.807, 2.05) is 0 Å². The molecule has 1 saturated heterocycles. The minimum atomic E-state index is -1.38. The second kappa shape index (κ2) is 18.2. The van der Waals surface area contributed by atoms with E-state index in [4.69, 9.17) is 5.73 Å². The number of nitrogens with two attached hydrogens (primary N) is 1. The summed E-state index contributed by atoms with van der Waals surface area (Å²) in [5, 5.41) is 24.6. The molecule has 12 N–H and O–H groups in total. The molecular formula is C24H43N11O8. The zero-order chi connectivity index (χ0) is 32.7. The lowest BCUT2D eigenvalue weighted by molar-refractivity contribution is -0.136. The molecule has 1 fully saturated rings. The maximum Gasteiger partial charge on any atom is 0.245 e. The number of amides is 8. The number of hydrogen-bond donors (Lipinski definition) is 11. The summed E-state index contributed by atoms with van der Waals surface area (Å²) in [4.78, 5) is 101. The van der Waals surface area contributed by atoms with Crippen molar-refractivity contribution in [3.8, 4) is 0 Å². The molecule has 19 nitrogen and oxygen atoms in total. The van der Waals surface area contributed by atoms with Crippen LogP contribution in [0.15, 0.2) is 0 Å². The third-order valence-corrected chi connectivity index (χ3v) is 6.07. The van der Waals surface area contributed by atoms with Crippen molar-refractivity contribution in [3.05, 3.63) is 0 Å². The first kappa shape index (κ1) is 36.7. The molecule has 0 saturated carbocycles. The van der Waals surface area contributed by atoms with Gasteiger partial charge in [-0.2, -0.15) is 0 Å². The Morgan fingerprint density at radius 1 is 0.558 bits per heavy atom. The van der Waals surface area contributed by atoms with E-state index in [1.54, 1.807) is 0 Å². The number of nitrogens with one attached hydrogen (secondary N) is 10. The van der Waals surface area contributed by atoms with Crippen molar-refractivity contribution in [3.63, 3.8) is 0 Å². The van der Waals surface area contributed by atoms with Crippen molar-refractivity contribution < 1.29 is 38.4 Å². The maximum atomic E-state index is 13.1. The van der Waals surface area contributed by atoms with Crippen LogP contribution in [0.1, 0.15) is 20.8 Å². The second-order valence-electron chi connectivity index (χ2n) is 9.78. The molecule has 0 bridgehead atoms. The molecule has 1 heterocycles. The van der Waals surface area contributed by atoms with Gasteiger partial charge < -0.3 is 58.9 Å². The Bertz CT molecular complexity index is 1040. The highest BCUT2D eigenvalue weighted by Crippen LogP contribution is 1.97. The topological polar surface area (TPSA) is 283 Å². The fourth-order valence-electron chi connectivity index (χ4n) is 3.56. The van der Waals surface area contributed by atoms with Gasteiger partial charge in [0.25, 0.3) is 0 Å². The van der Waals surface area contributed by atoms with Crippen LogP contribution in [0.2, 0.25) is 0 Å². The molecule has 0 aromatic rings. The number of carbonyl (C=O) groups is 8. The third kappa shape index (κ3) is 12.6. The Morgan fingerprint density at radius 2 is 0.860 bits per heavy atom. The quantitative estimate of drug-likeness (QED) is 0.116. The van der Waals surface area contributed by atoms with E-state index in [-0.39, 0.29) is 32.7 Å². The van der Waals surface area contributed by atoms with E-state index in [2.05, 4.69) is 53.2 Å². The highest BCUT2D eigenvalue weighted by atomic mass is 16.2. The molecule has 242 valence electrons. The van der Waals surface area contributed by atoms with Crippen molar-refractivity contribution in [2.45, 2.75) is 57.0 Å². The molecule has 43 heavy (non-hydrogen) atoms. The number of carbonyl (C=O) groups excluding carboxylic acids is 8. The molecule has 0 spiro atoms. The Hall–Kier alpha value is -4.36. The number of hydrogen-bond acceptors (Lipinski definition) is 11. The Morgan fingerprint density at radius 3 is 1.16 bits per heavy atom. The fraction of sp³-hybridized carbons (Fsp3) is 0.667. The summed E-state index contributed by atoms with van der Waals surface area (Å²) < 4.78 is 0. The van der Waals surface area contributed by atoms with Crippen LogP contribution in [-0.2, 0) is 38.4 Å². The minimum absolute atomic E-state index is 0.0767. The van der Waals surface area contributed by atoms with Gasteiger partial charge in [-0.25, -0.2) is 0 Å². The molecule has 0 aromatic carbocycles. The van der Waals surface area contributed by atoms with Crippen LogP contribution < -0.4 is 58.9 Å². The predicted molar refractivity (Wildman–Crippen MR) is 152 cm³/mol. The highest BCUT2D eigenvalue weighted by Gasteiger charge is 2.32. The van der Waals surface area contributed by atoms with Crippen molar-refractivity contribution >= 4 is 47.3 Å². The van der Waals surface area contributed by atoms with Crippen molar-refractivity contribution in [1.29, 1.82) is 0 Å². The highest BCUT2D eigenvalue weighted by molar-refractivity contribution is 5.98. The van der Waals surface area contributed by atoms with Gasteiger partial charge in [0.1, 0.15) is 36.3 Å². The van der Waals surface area contributed by atoms with E-state index < -0.39 is 83.5 Å². The lowest BCUT2D eigenvalue weighted by Gasteiger charge is -2.27. The molecule has 1 aliphatic rings. The molecule has 1 aliphatic heterocycles. The number of likely N-dealkylation sites (N-methyl/N-ethyl adjacent to an activating group) is 2. The first-order valence-corrected chi connectivity index (χ1v) is 13.6. The van der Waals surface area contributed by atoms with E-state index in [0.717, 1.165) is 0 Å². The van der Waals surface area contributed by atoms with Gasteiger partial charge in [0, 0.05) is 19.6 Å². The SMILES string of the molecule is CNCC(=O)NC[C@@H]1NC(=O)[C@@H](C)NC(=O)[C@H](CN)NC(=O)[C@@H](C)NC(=O)[C@H](CNC(=O)CNC)NC(=O)[C@@H](C)NC1=O. The summed E-state index contributed by atoms with van der Waals surface area (Å²) in [6.45, 7) is 2.71. The molecule has 0 unspecified atom stereocenters. The zero-order valence-electron chi connectivity index (χ0n) is 24.8. The van der Waals surface area contributed by atoms with Crippen LogP contribution >= 0.6 is 0 Å². The Kier molecular flexibility index (Phi) is 15.5. The summed E-state index contributed by atoms with van der Waals surface area (Å²) in [6, 6.07) is -7.74. The zero-order valence-corrected chi connectivity index (χ0v) is 24.8. The summed E-state index contributed by atoms with van der Waals surface area (Å²) in [6.07, 6.45) is 0. The van der Waals surface area contributed by atoms with Crippen LogP contribution in [0.4, 0.5) is 0 Å². The van der Waals surface area contributed by atoms with Gasteiger partial charge >= 0.3 is 0 Å². The lowest BCUT2D eigenvalue weighted by atomic mass is 10.1. The Labute approximate surface area is 248 Å². The first-order valence-electron chi connectivity index (χ1n) is 13.6. The van der Waals surface area contributed by atoms with Gasteiger partial charge in [0.15, 0.2) is 0 Å². The molecule has 19 heteroatoms. The van der Waals surface area contributed by atoms with E-state index in [9.17, 15) is 38.4 Å². The normalized spacial score (nSPS) is 26.3. The molecule has 6 atom stereocenters. The summed E-state index contributed by atoms with van der Waals surface area (Å²) >= 11 is 0. The van der Waals surface area contributed by atoms with Crippen LogP contribution in [0, 0.1) is 0 Å². The maximum absolute atomic E-state index is 13.1. The van der Waals surface area contributed by atoms with Gasteiger partial charge in [0.05, 0.1) is 13.1 Å². The molecule has 0 aliphatic carbocycles. The fourth-order valence-corrected chi connectivity index (χ4v) is 3.56. The first-order chi connectivity index (χ1) is 20.2. The second-order valence-corrected chi connectivity index (χ2v) is 9.78. The lowest BCUT2D eigenvalue weighted by Crippen LogP contribution is -2.63. The van der Waals surface area contributed by atoms with Gasteiger partial charge in [-0.3, -0.25) is 38.4 Å². The van der Waals surface area contributed by atoms with Crippen LogP contribution in [0.25, 0.3) is 0 Å². The van der Waals surface area contributed by atoms with Gasteiger partial charge in [0.2, 0.25) is 47.3 Å². The summed E-state index contributed by atoms with van der Waals surface area (Å²) in [5.74, 6) is -5.92. The summed E-state index contributed by atoms with van der Waals surface area (Å²) in [5.41, 5.74) is 5.65.